The molecule has 2 aromatic heterocycles. The van der Waals surface area contributed by atoms with Gasteiger partial charge in [-0.3, -0.25) is 4.79 Å². The van der Waals surface area contributed by atoms with Crippen LogP contribution in [-0.4, -0.2) is 43.4 Å². The number of hydrogen-bond acceptors (Lipinski definition) is 6. The molecule has 3 aromatic rings. The Hall–Kier alpha value is -3.40. The number of carbonyl (C=O) groups excluding carboxylic acids is 1. The van der Waals surface area contributed by atoms with Crippen LogP contribution in [0.5, 0.6) is 5.75 Å². The van der Waals surface area contributed by atoms with Crippen molar-refractivity contribution >= 4 is 11.7 Å². The maximum atomic E-state index is 14.7. The smallest absolute Gasteiger partial charge is 0.294 e. The van der Waals surface area contributed by atoms with Crippen molar-refractivity contribution in [2.45, 2.75) is 70.8 Å². The molecule has 0 aliphatic heterocycles. The highest BCUT2D eigenvalue weighted by atomic mass is 19.1. The van der Waals surface area contributed by atoms with Gasteiger partial charge in [0.25, 0.3) is 5.91 Å². The lowest BCUT2D eigenvalue weighted by Gasteiger charge is -2.19. The van der Waals surface area contributed by atoms with Gasteiger partial charge in [0, 0.05) is 17.5 Å². The van der Waals surface area contributed by atoms with E-state index >= 15 is 0 Å². The molecule has 10 heteroatoms. The number of amides is 1. The molecule has 0 saturated heterocycles. The van der Waals surface area contributed by atoms with Crippen molar-refractivity contribution in [3.8, 4) is 16.9 Å². The molecule has 198 valence electrons. The molecule has 1 fully saturated rings. The summed E-state index contributed by atoms with van der Waals surface area (Å²) >= 11 is 0. The van der Waals surface area contributed by atoms with E-state index in [9.17, 15) is 18.7 Å². The number of aromatic amines is 1. The molecule has 4 rings (SSSR count). The number of benzene rings is 1. The molecule has 0 radical (unpaired) electrons. The predicted molar refractivity (Wildman–Crippen MR) is 135 cm³/mol. The number of rotatable bonds is 10. The highest BCUT2D eigenvalue weighted by molar-refractivity contribution is 6.01. The maximum absolute atomic E-state index is 14.7. The van der Waals surface area contributed by atoms with Crippen LogP contribution in [0.1, 0.15) is 75.2 Å². The Morgan fingerprint density at radius 2 is 1.89 bits per heavy atom. The van der Waals surface area contributed by atoms with E-state index in [0.29, 0.717) is 36.9 Å². The Labute approximate surface area is 214 Å². The molecule has 1 aromatic carbocycles. The first-order chi connectivity index (χ1) is 17.7. The molecule has 1 amide bonds. The maximum Gasteiger partial charge on any atom is 0.294 e. The average molecular weight is 514 g/mol. The third kappa shape index (κ3) is 7.55. The minimum absolute atomic E-state index is 0.0233. The molecule has 8 nitrogen and oxygen atoms in total. The summed E-state index contributed by atoms with van der Waals surface area (Å²) in [6, 6.07) is 5.32. The van der Waals surface area contributed by atoms with Gasteiger partial charge in [-0.1, -0.05) is 32.1 Å². The number of ether oxygens (including phenoxy) is 1. The molecule has 0 spiro atoms. The molecule has 1 saturated carbocycles. The number of nitrogens with zero attached hydrogens (tertiary/aromatic N) is 3. The van der Waals surface area contributed by atoms with Gasteiger partial charge in [0.2, 0.25) is 5.82 Å². The summed E-state index contributed by atoms with van der Waals surface area (Å²) in [5.74, 6) is -0.327. The van der Waals surface area contributed by atoms with E-state index in [4.69, 9.17) is 4.74 Å². The number of hydrogen-bond donors (Lipinski definition) is 3. The number of nitrogens with one attached hydrogen (secondary N) is 2. The van der Waals surface area contributed by atoms with Crippen LogP contribution in [0.2, 0.25) is 0 Å². The van der Waals surface area contributed by atoms with Crippen LogP contribution in [-0.2, 0) is 6.42 Å². The number of H-pyrrole nitrogens is 1. The van der Waals surface area contributed by atoms with Gasteiger partial charge in [0.05, 0.1) is 18.4 Å². The topological polar surface area (TPSA) is 113 Å². The van der Waals surface area contributed by atoms with E-state index in [0.717, 1.165) is 25.5 Å². The molecule has 3 N–H and O–H groups in total. The summed E-state index contributed by atoms with van der Waals surface area (Å²) in [6.45, 7) is 3.74. The molecule has 37 heavy (non-hydrogen) atoms. The van der Waals surface area contributed by atoms with Crippen molar-refractivity contribution in [2.75, 3.05) is 11.9 Å². The number of carbonyl (C=O) groups is 1. The van der Waals surface area contributed by atoms with Gasteiger partial charge in [0.1, 0.15) is 29.0 Å². The van der Waals surface area contributed by atoms with E-state index < -0.39 is 23.1 Å². The molecule has 1 aliphatic carbocycles. The summed E-state index contributed by atoms with van der Waals surface area (Å²) in [7, 11) is 0. The van der Waals surface area contributed by atoms with Gasteiger partial charge in [-0.15, -0.1) is 10.2 Å². The standard InChI is InChI=1S/C27H33F2N5O3/c1-27(2,36)11-6-12-37-18-9-10-21(28)19(14-18)20-15-23(30-16-22(20)29)32-26(35)25-31-24(33-34-25)13-17-7-4-3-5-8-17/h9-10,14-17,36H,3-8,11-13H2,1-2H3,(H,30,32,35)(H,31,33,34). The number of pyridine rings is 1. The van der Waals surface area contributed by atoms with Crippen LogP contribution < -0.4 is 10.1 Å². The van der Waals surface area contributed by atoms with Crippen LogP contribution >= 0.6 is 0 Å². The van der Waals surface area contributed by atoms with Gasteiger partial charge < -0.3 is 20.1 Å². The van der Waals surface area contributed by atoms with E-state index in [-0.39, 0.29) is 22.8 Å². The first-order valence-corrected chi connectivity index (χ1v) is 12.7. The normalized spacial score (nSPS) is 14.5. The van der Waals surface area contributed by atoms with E-state index in [1.807, 2.05) is 0 Å². The lowest BCUT2D eigenvalue weighted by Crippen LogP contribution is -2.19. The number of aliphatic hydroxyl groups is 1. The van der Waals surface area contributed by atoms with E-state index in [2.05, 4.69) is 25.5 Å². The fraction of sp³-hybridized carbons (Fsp3) is 0.481. The minimum Gasteiger partial charge on any atom is -0.494 e. The van der Waals surface area contributed by atoms with E-state index in [1.165, 1.54) is 43.5 Å². The zero-order chi connectivity index (χ0) is 26.4. The Balaban J connectivity index is 1.43. The monoisotopic (exact) mass is 513 g/mol. The highest BCUT2D eigenvalue weighted by Crippen LogP contribution is 2.31. The SMILES string of the molecule is CC(C)(O)CCCOc1ccc(F)c(-c2cc(NC(=O)c3nnc(CC4CCCCC4)[nH]3)ncc2F)c1. The quantitative estimate of drug-likeness (QED) is 0.311. The number of anilines is 1. The second kappa shape index (κ2) is 11.8. The zero-order valence-corrected chi connectivity index (χ0v) is 21.2. The highest BCUT2D eigenvalue weighted by Gasteiger charge is 2.20. The summed E-state index contributed by atoms with van der Waals surface area (Å²) in [6.07, 6.45) is 8.78. The van der Waals surface area contributed by atoms with Crippen molar-refractivity contribution < 1.29 is 23.4 Å². The van der Waals surface area contributed by atoms with Crippen molar-refractivity contribution in [2.24, 2.45) is 5.92 Å². The summed E-state index contributed by atoms with van der Waals surface area (Å²) in [5, 5.41) is 20.4. The molecular weight excluding hydrogens is 480 g/mol. The first-order valence-electron chi connectivity index (χ1n) is 12.7. The van der Waals surface area contributed by atoms with E-state index in [1.54, 1.807) is 13.8 Å². The fourth-order valence-corrected chi connectivity index (χ4v) is 4.54. The van der Waals surface area contributed by atoms with Crippen LogP contribution in [0.4, 0.5) is 14.6 Å². The Kier molecular flexibility index (Phi) is 8.48. The van der Waals surface area contributed by atoms with Crippen molar-refractivity contribution in [1.29, 1.82) is 0 Å². The molecule has 2 heterocycles. The van der Waals surface area contributed by atoms with Gasteiger partial charge in [-0.2, -0.15) is 0 Å². The van der Waals surface area contributed by atoms with Gasteiger partial charge in [-0.05, 0) is 56.9 Å². The van der Waals surface area contributed by atoms with Crippen molar-refractivity contribution in [3.05, 3.63) is 53.7 Å². The third-order valence-electron chi connectivity index (χ3n) is 6.48. The Morgan fingerprint density at radius 1 is 1.14 bits per heavy atom. The molecule has 0 unspecified atom stereocenters. The minimum atomic E-state index is -0.805. The van der Waals surface area contributed by atoms with Crippen LogP contribution in [0.25, 0.3) is 11.1 Å². The molecule has 0 bridgehead atoms. The van der Waals surface area contributed by atoms with Crippen LogP contribution in [0, 0.1) is 17.6 Å². The second-order valence-corrected chi connectivity index (χ2v) is 10.2. The van der Waals surface area contributed by atoms with Gasteiger partial charge in [-0.25, -0.2) is 13.8 Å². The van der Waals surface area contributed by atoms with Crippen LogP contribution in [0.3, 0.4) is 0 Å². The van der Waals surface area contributed by atoms with Crippen LogP contribution in [0.15, 0.2) is 30.5 Å². The first kappa shape index (κ1) is 26.7. The molecule has 0 atom stereocenters. The molecular formula is C27H33F2N5O3. The second-order valence-electron chi connectivity index (χ2n) is 10.2. The number of aromatic nitrogens is 4. The lowest BCUT2D eigenvalue weighted by molar-refractivity contribution is 0.0641. The number of halogens is 2. The Bertz CT molecular complexity index is 1220. The Morgan fingerprint density at radius 3 is 2.65 bits per heavy atom. The predicted octanol–water partition coefficient (Wildman–Crippen LogP) is 5.45. The summed E-state index contributed by atoms with van der Waals surface area (Å²) in [5.41, 5.74) is -0.897. The van der Waals surface area contributed by atoms with Crippen molar-refractivity contribution in [3.63, 3.8) is 0 Å². The average Bonchev–Trinajstić information content (AvgIpc) is 3.33. The molecule has 1 aliphatic rings. The lowest BCUT2D eigenvalue weighted by atomic mass is 9.87. The summed E-state index contributed by atoms with van der Waals surface area (Å²) < 4.78 is 35.0. The fourth-order valence-electron chi connectivity index (χ4n) is 4.54. The summed E-state index contributed by atoms with van der Waals surface area (Å²) in [4.78, 5) is 19.6. The van der Waals surface area contributed by atoms with Crippen molar-refractivity contribution in [1.82, 2.24) is 20.2 Å². The van der Waals surface area contributed by atoms with Gasteiger partial charge in [0.15, 0.2) is 0 Å². The third-order valence-corrected chi connectivity index (χ3v) is 6.48. The zero-order valence-electron chi connectivity index (χ0n) is 21.2. The van der Waals surface area contributed by atoms with Gasteiger partial charge >= 0.3 is 0 Å². The largest absolute Gasteiger partial charge is 0.494 e.